The van der Waals surface area contributed by atoms with Gasteiger partial charge in [0.15, 0.2) is 11.5 Å². The van der Waals surface area contributed by atoms with E-state index in [1.165, 1.54) is 12.0 Å². The molecule has 0 bridgehead atoms. The summed E-state index contributed by atoms with van der Waals surface area (Å²) in [6.45, 7) is 6.10. The number of imidazole rings is 1. The topological polar surface area (TPSA) is 98.4 Å². The summed E-state index contributed by atoms with van der Waals surface area (Å²) in [4.78, 5) is 17.5. The number of carbonyl (C=O) groups is 1. The Labute approximate surface area is 202 Å². The number of nitrogens with zero attached hydrogens (tertiary/aromatic N) is 3. The maximum atomic E-state index is 13.3. The minimum atomic E-state index is -0.789. The molecule has 1 saturated heterocycles. The summed E-state index contributed by atoms with van der Waals surface area (Å²) in [7, 11) is -0.0829. The molecule has 1 amide bonds. The Hall–Kier alpha value is -2.77. The lowest BCUT2D eigenvalue weighted by molar-refractivity contribution is -0.149. The van der Waals surface area contributed by atoms with Crippen LogP contribution >= 0.6 is 0 Å². The zero-order valence-corrected chi connectivity index (χ0v) is 21.3. The lowest BCUT2D eigenvalue weighted by Crippen LogP contribution is -2.23. The molecule has 2 aliphatic rings. The van der Waals surface area contributed by atoms with Crippen molar-refractivity contribution >= 4 is 26.7 Å². The first-order valence-electron chi connectivity index (χ1n) is 12.0. The van der Waals surface area contributed by atoms with Gasteiger partial charge in [0, 0.05) is 39.1 Å². The van der Waals surface area contributed by atoms with Crippen LogP contribution in [0, 0.1) is 11.3 Å². The molecular formula is C25H32N4O4Si. The monoisotopic (exact) mass is 480 g/mol. The number of hydrogen-bond donors (Lipinski definition) is 1. The van der Waals surface area contributed by atoms with Crippen LogP contribution in [0.25, 0.3) is 5.57 Å². The highest BCUT2D eigenvalue weighted by molar-refractivity contribution is 6.33. The SMILES string of the molecule is C[SiH2]CCOCn1cc(C#N)nc1C(=O)Nc1ccc(C2(C)OCCO2)cc1C1=CCCCC1. The fourth-order valence-corrected chi connectivity index (χ4v) is 4.80. The zero-order chi connectivity index (χ0) is 24.0. The highest BCUT2D eigenvalue weighted by Gasteiger charge is 2.34. The fourth-order valence-electron chi connectivity index (χ4n) is 4.30. The average Bonchev–Trinajstić information content (AvgIpc) is 3.49. The van der Waals surface area contributed by atoms with Crippen molar-refractivity contribution < 1.29 is 19.0 Å². The molecule has 2 heterocycles. The third-order valence-corrected chi connectivity index (χ3v) is 7.23. The second-order valence-electron chi connectivity index (χ2n) is 8.75. The number of benzene rings is 1. The number of nitriles is 1. The van der Waals surface area contributed by atoms with E-state index >= 15 is 0 Å². The van der Waals surface area contributed by atoms with Gasteiger partial charge in [-0.3, -0.25) is 4.79 Å². The van der Waals surface area contributed by atoms with Gasteiger partial charge >= 0.3 is 0 Å². The van der Waals surface area contributed by atoms with Crippen LogP contribution in [0.1, 0.15) is 60.0 Å². The molecule has 2 aromatic rings. The predicted molar refractivity (Wildman–Crippen MR) is 132 cm³/mol. The second-order valence-corrected chi connectivity index (χ2v) is 10.5. The van der Waals surface area contributed by atoms with Crippen LogP contribution in [-0.4, -0.2) is 44.8 Å². The second kappa shape index (κ2) is 11.1. The van der Waals surface area contributed by atoms with Crippen molar-refractivity contribution in [2.24, 2.45) is 0 Å². The van der Waals surface area contributed by atoms with Crippen molar-refractivity contribution in [3.05, 3.63) is 53.1 Å². The summed E-state index contributed by atoms with van der Waals surface area (Å²) < 4.78 is 19.0. The van der Waals surface area contributed by atoms with E-state index in [2.05, 4.69) is 29.0 Å². The maximum absolute atomic E-state index is 13.3. The number of aromatic nitrogens is 2. The molecule has 0 atom stereocenters. The van der Waals surface area contributed by atoms with Gasteiger partial charge in [0.1, 0.15) is 12.8 Å². The highest BCUT2D eigenvalue weighted by Crippen LogP contribution is 2.37. The summed E-state index contributed by atoms with van der Waals surface area (Å²) in [5, 5.41) is 12.3. The van der Waals surface area contributed by atoms with E-state index in [4.69, 9.17) is 14.2 Å². The van der Waals surface area contributed by atoms with Gasteiger partial charge in [0.05, 0.1) is 13.2 Å². The van der Waals surface area contributed by atoms with Crippen LogP contribution in [0.3, 0.4) is 0 Å². The van der Waals surface area contributed by atoms with E-state index in [9.17, 15) is 10.1 Å². The summed E-state index contributed by atoms with van der Waals surface area (Å²) >= 11 is 0. The van der Waals surface area contributed by atoms with Gasteiger partial charge < -0.3 is 24.1 Å². The Morgan fingerprint density at radius 2 is 2.18 bits per heavy atom. The van der Waals surface area contributed by atoms with Gasteiger partial charge in [-0.1, -0.05) is 18.7 Å². The summed E-state index contributed by atoms with van der Waals surface area (Å²) in [5.41, 5.74) is 3.99. The molecule has 1 fully saturated rings. The average molecular weight is 481 g/mol. The number of nitrogens with one attached hydrogen (secondary N) is 1. The summed E-state index contributed by atoms with van der Waals surface area (Å²) in [5.74, 6) is -1.00. The van der Waals surface area contributed by atoms with Crippen molar-refractivity contribution in [2.45, 2.75) is 57.7 Å². The van der Waals surface area contributed by atoms with Gasteiger partial charge in [-0.2, -0.15) is 5.26 Å². The third-order valence-electron chi connectivity index (χ3n) is 6.23. The van der Waals surface area contributed by atoms with Crippen molar-refractivity contribution in [3.8, 4) is 6.07 Å². The molecule has 4 rings (SSSR count). The molecule has 1 aromatic carbocycles. The summed E-state index contributed by atoms with van der Waals surface area (Å²) in [6.07, 6.45) is 8.06. The largest absolute Gasteiger partial charge is 0.361 e. The molecule has 1 aromatic heterocycles. The van der Waals surface area contributed by atoms with Gasteiger partial charge in [0.25, 0.3) is 5.91 Å². The van der Waals surface area contributed by atoms with Crippen LogP contribution in [0.4, 0.5) is 5.69 Å². The molecule has 1 N–H and O–H groups in total. The molecule has 0 saturated carbocycles. The normalized spacial score (nSPS) is 17.6. The Balaban J connectivity index is 1.62. The molecule has 0 radical (unpaired) electrons. The van der Waals surface area contributed by atoms with Crippen LogP contribution < -0.4 is 5.32 Å². The molecule has 34 heavy (non-hydrogen) atoms. The van der Waals surface area contributed by atoms with E-state index in [0.29, 0.717) is 25.5 Å². The van der Waals surface area contributed by atoms with Crippen LogP contribution in [-0.2, 0) is 26.7 Å². The number of allylic oxidation sites excluding steroid dienone is 2. The minimum absolute atomic E-state index is 0.0829. The van der Waals surface area contributed by atoms with Gasteiger partial charge in [-0.05, 0) is 56.4 Å². The van der Waals surface area contributed by atoms with Crippen molar-refractivity contribution in [1.82, 2.24) is 9.55 Å². The van der Waals surface area contributed by atoms with Crippen LogP contribution in [0.15, 0.2) is 30.5 Å². The molecular weight excluding hydrogens is 448 g/mol. The van der Waals surface area contributed by atoms with E-state index in [1.807, 2.05) is 25.1 Å². The molecule has 1 aliphatic carbocycles. The number of carbonyl (C=O) groups excluding carboxylic acids is 1. The van der Waals surface area contributed by atoms with Crippen LogP contribution in [0.2, 0.25) is 12.6 Å². The van der Waals surface area contributed by atoms with E-state index < -0.39 is 5.79 Å². The Morgan fingerprint density at radius 3 is 2.88 bits per heavy atom. The lowest BCUT2D eigenvalue weighted by Gasteiger charge is -2.25. The lowest BCUT2D eigenvalue weighted by atomic mass is 9.90. The van der Waals surface area contributed by atoms with Gasteiger partial charge in [-0.25, -0.2) is 4.98 Å². The Morgan fingerprint density at radius 1 is 1.35 bits per heavy atom. The first kappa shape index (κ1) is 24.4. The zero-order valence-electron chi connectivity index (χ0n) is 19.9. The molecule has 1 aliphatic heterocycles. The molecule has 0 spiro atoms. The summed E-state index contributed by atoms with van der Waals surface area (Å²) in [6, 6.07) is 8.97. The van der Waals surface area contributed by atoms with E-state index in [0.717, 1.165) is 36.4 Å². The number of amides is 1. The van der Waals surface area contributed by atoms with E-state index in [1.54, 1.807) is 10.8 Å². The predicted octanol–water partition coefficient (Wildman–Crippen LogP) is 3.79. The molecule has 180 valence electrons. The molecule has 9 heteroatoms. The number of hydrogen-bond acceptors (Lipinski definition) is 6. The quantitative estimate of drug-likeness (QED) is 0.433. The smallest absolute Gasteiger partial charge is 0.291 e. The van der Waals surface area contributed by atoms with Gasteiger partial charge in [0.2, 0.25) is 5.82 Å². The minimum Gasteiger partial charge on any atom is -0.361 e. The van der Waals surface area contributed by atoms with Crippen molar-refractivity contribution in [1.29, 1.82) is 5.26 Å². The standard InChI is InChI=1S/C25H32N4O4Si/c1-25(32-10-11-33-25)19-8-9-22(21(14-19)18-6-4-3-5-7-18)28-24(30)23-27-20(15-26)16-29(23)17-31-12-13-34-2/h6,8-9,14,16H,3-5,7,10-13,17,34H2,1-2H3,(H,28,30). The third kappa shape index (κ3) is 5.47. The Bertz CT molecular complexity index is 1100. The van der Waals surface area contributed by atoms with Crippen LogP contribution in [0.5, 0.6) is 0 Å². The number of ether oxygens (including phenoxy) is 3. The van der Waals surface area contributed by atoms with Crippen molar-refractivity contribution in [2.75, 3.05) is 25.1 Å². The highest BCUT2D eigenvalue weighted by atomic mass is 28.2. The first-order valence-corrected chi connectivity index (χ1v) is 14.4. The fraction of sp³-hybridized carbons (Fsp3) is 0.480. The van der Waals surface area contributed by atoms with Gasteiger partial charge in [-0.15, -0.1) is 0 Å². The van der Waals surface area contributed by atoms with Crippen molar-refractivity contribution in [3.63, 3.8) is 0 Å². The van der Waals surface area contributed by atoms with E-state index in [-0.39, 0.29) is 33.7 Å². The Kier molecular flexibility index (Phi) is 7.95. The molecule has 8 nitrogen and oxygen atoms in total. The maximum Gasteiger partial charge on any atom is 0.291 e. The molecule has 0 unspecified atom stereocenters. The number of rotatable bonds is 9. The number of anilines is 1. The first-order chi connectivity index (χ1) is 16.5.